The van der Waals surface area contributed by atoms with E-state index in [9.17, 15) is 4.79 Å². The number of hydrogen-bond donors (Lipinski definition) is 2. The lowest BCUT2D eigenvalue weighted by atomic mass is 10.2. The summed E-state index contributed by atoms with van der Waals surface area (Å²) in [6.45, 7) is 2.83. The number of H-pyrrole nitrogens is 1. The molecule has 0 unspecified atom stereocenters. The zero-order valence-corrected chi connectivity index (χ0v) is 9.44. The van der Waals surface area contributed by atoms with Crippen molar-refractivity contribution in [1.82, 2.24) is 15.1 Å². The maximum Gasteiger partial charge on any atom is 0.274 e. The molecule has 1 fully saturated rings. The summed E-state index contributed by atoms with van der Waals surface area (Å²) in [6.07, 6.45) is 2.37. The molecule has 0 atom stereocenters. The van der Waals surface area contributed by atoms with Crippen molar-refractivity contribution in [3.63, 3.8) is 0 Å². The van der Waals surface area contributed by atoms with Crippen LogP contribution in [0.4, 0.5) is 0 Å². The van der Waals surface area contributed by atoms with Crippen molar-refractivity contribution in [2.75, 3.05) is 19.7 Å². The van der Waals surface area contributed by atoms with Gasteiger partial charge in [-0.25, -0.2) is 0 Å². The summed E-state index contributed by atoms with van der Waals surface area (Å²) < 4.78 is 0. The van der Waals surface area contributed by atoms with Crippen molar-refractivity contribution >= 4 is 5.91 Å². The molecule has 88 valence electrons. The minimum absolute atomic E-state index is 0.0144. The molecule has 5 heteroatoms. The summed E-state index contributed by atoms with van der Waals surface area (Å²) in [5.74, 6) is 0.460. The fourth-order valence-electron chi connectivity index (χ4n) is 1.74. The summed E-state index contributed by atoms with van der Waals surface area (Å²) in [7, 11) is 0. The molecule has 1 aliphatic carbocycles. The van der Waals surface area contributed by atoms with Crippen molar-refractivity contribution < 1.29 is 9.90 Å². The van der Waals surface area contributed by atoms with Gasteiger partial charge >= 0.3 is 0 Å². The van der Waals surface area contributed by atoms with E-state index in [2.05, 4.69) is 10.2 Å². The molecule has 0 bridgehead atoms. The van der Waals surface area contributed by atoms with E-state index in [0.717, 1.165) is 5.69 Å². The summed E-state index contributed by atoms with van der Waals surface area (Å²) in [6, 6.07) is 1.83. The van der Waals surface area contributed by atoms with Crippen LogP contribution in [-0.4, -0.2) is 45.8 Å². The minimum Gasteiger partial charge on any atom is -0.395 e. The smallest absolute Gasteiger partial charge is 0.274 e. The minimum atomic E-state index is -0.111. The third-order valence-electron chi connectivity index (χ3n) is 2.87. The highest BCUT2D eigenvalue weighted by atomic mass is 16.3. The maximum atomic E-state index is 12.0. The molecule has 0 aromatic carbocycles. The molecule has 1 heterocycles. The lowest BCUT2D eigenvalue weighted by Gasteiger charge is -2.17. The number of nitrogens with one attached hydrogen (secondary N) is 1. The molecular formula is C11H17N3O2. The van der Waals surface area contributed by atoms with Gasteiger partial charge in [0.05, 0.1) is 6.61 Å². The molecular weight excluding hydrogens is 206 g/mol. The molecule has 1 amide bonds. The zero-order chi connectivity index (χ0) is 11.5. The highest BCUT2D eigenvalue weighted by Gasteiger charge is 2.27. The van der Waals surface area contributed by atoms with E-state index in [1.807, 2.05) is 13.0 Å². The van der Waals surface area contributed by atoms with E-state index in [-0.39, 0.29) is 12.5 Å². The van der Waals surface area contributed by atoms with Crippen molar-refractivity contribution in [3.05, 3.63) is 17.5 Å². The molecule has 0 saturated heterocycles. The predicted molar refractivity (Wildman–Crippen MR) is 59.2 cm³/mol. The second-order valence-electron chi connectivity index (χ2n) is 4.09. The van der Waals surface area contributed by atoms with Crippen LogP contribution >= 0.6 is 0 Å². The van der Waals surface area contributed by atoms with Crippen LogP contribution in [-0.2, 0) is 0 Å². The average Bonchev–Trinajstić information content (AvgIpc) is 3.03. The Hall–Kier alpha value is -1.36. The molecule has 1 saturated carbocycles. The molecule has 0 spiro atoms. The van der Waals surface area contributed by atoms with Crippen LogP contribution < -0.4 is 0 Å². The SMILES string of the molecule is CCN(CCO)C(=O)c1cc(C2CC2)[nH]n1. The summed E-state index contributed by atoms with van der Waals surface area (Å²) in [4.78, 5) is 13.5. The molecule has 1 aromatic heterocycles. The van der Waals surface area contributed by atoms with Gasteiger partial charge in [-0.2, -0.15) is 5.10 Å². The number of aliphatic hydroxyl groups is 1. The first-order valence-electron chi connectivity index (χ1n) is 5.71. The van der Waals surface area contributed by atoms with Crippen LogP contribution in [0.5, 0.6) is 0 Å². The highest BCUT2D eigenvalue weighted by Crippen LogP contribution is 2.39. The Balaban J connectivity index is 2.06. The Morgan fingerprint density at radius 2 is 2.44 bits per heavy atom. The Kier molecular flexibility index (Phi) is 3.24. The second kappa shape index (κ2) is 4.65. The molecule has 1 aliphatic rings. The predicted octanol–water partition coefficient (Wildman–Crippen LogP) is 0.741. The number of rotatable bonds is 5. The van der Waals surface area contributed by atoms with Gasteiger partial charge in [0.2, 0.25) is 0 Å². The number of carbonyl (C=O) groups excluding carboxylic acids is 1. The molecule has 2 N–H and O–H groups in total. The standard InChI is InChI=1S/C11H17N3O2/c1-2-14(5-6-15)11(16)10-7-9(12-13-10)8-3-4-8/h7-8,15H,2-6H2,1H3,(H,12,13). The first kappa shape index (κ1) is 11.1. The normalized spacial score (nSPS) is 15.1. The van der Waals surface area contributed by atoms with Crippen molar-refractivity contribution in [1.29, 1.82) is 0 Å². The van der Waals surface area contributed by atoms with Crippen molar-refractivity contribution in [2.45, 2.75) is 25.7 Å². The zero-order valence-electron chi connectivity index (χ0n) is 9.44. The van der Waals surface area contributed by atoms with E-state index in [1.165, 1.54) is 12.8 Å². The number of aromatic amines is 1. The van der Waals surface area contributed by atoms with Crippen LogP contribution in [0.15, 0.2) is 6.07 Å². The van der Waals surface area contributed by atoms with Gasteiger partial charge in [0.15, 0.2) is 0 Å². The largest absolute Gasteiger partial charge is 0.395 e. The molecule has 1 aromatic rings. The maximum absolute atomic E-state index is 12.0. The summed E-state index contributed by atoms with van der Waals surface area (Å²) >= 11 is 0. The first-order valence-corrected chi connectivity index (χ1v) is 5.71. The van der Waals surface area contributed by atoms with Gasteiger partial charge < -0.3 is 10.0 Å². The Morgan fingerprint density at radius 3 is 3.00 bits per heavy atom. The Bertz CT molecular complexity index is 371. The van der Waals surface area contributed by atoms with Gasteiger partial charge in [0.25, 0.3) is 5.91 Å². The molecule has 16 heavy (non-hydrogen) atoms. The number of likely N-dealkylation sites (N-methyl/N-ethyl adjacent to an activating group) is 1. The molecule has 5 nitrogen and oxygen atoms in total. The number of nitrogens with zero attached hydrogens (tertiary/aromatic N) is 2. The highest BCUT2D eigenvalue weighted by molar-refractivity contribution is 5.92. The average molecular weight is 223 g/mol. The number of carbonyl (C=O) groups is 1. The van der Waals surface area contributed by atoms with Crippen LogP contribution in [0.2, 0.25) is 0 Å². The Labute approximate surface area is 94.5 Å². The molecule has 0 radical (unpaired) electrons. The quantitative estimate of drug-likeness (QED) is 0.773. The van der Waals surface area contributed by atoms with E-state index < -0.39 is 0 Å². The van der Waals surface area contributed by atoms with Crippen LogP contribution in [0, 0.1) is 0 Å². The van der Waals surface area contributed by atoms with Gasteiger partial charge in [-0.05, 0) is 25.8 Å². The van der Waals surface area contributed by atoms with Crippen molar-refractivity contribution in [2.24, 2.45) is 0 Å². The van der Waals surface area contributed by atoms with Gasteiger partial charge in [-0.1, -0.05) is 0 Å². The third kappa shape index (κ3) is 2.24. The summed E-state index contributed by atoms with van der Waals surface area (Å²) in [5, 5.41) is 15.8. The second-order valence-corrected chi connectivity index (χ2v) is 4.09. The van der Waals surface area contributed by atoms with Gasteiger partial charge in [-0.15, -0.1) is 0 Å². The van der Waals surface area contributed by atoms with Crippen LogP contribution in [0.3, 0.4) is 0 Å². The molecule has 2 rings (SSSR count). The monoisotopic (exact) mass is 223 g/mol. The Morgan fingerprint density at radius 1 is 1.69 bits per heavy atom. The number of aliphatic hydroxyl groups excluding tert-OH is 1. The van der Waals surface area contributed by atoms with E-state index in [4.69, 9.17) is 5.11 Å². The van der Waals surface area contributed by atoms with Crippen molar-refractivity contribution in [3.8, 4) is 0 Å². The summed E-state index contributed by atoms with van der Waals surface area (Å²) in [5.41, 5.74) is 1.51. The number of hydrogen-bond acceptors (Lipinski definition) is 3. The van der Waals surface area contributed by atoms with Gasteiger partial charge in [-0.3, -0.25) is 9.89 Å². The van der Waals surface area contributed by atoms with E-state index >= 15 is 0 Å². The lowest BCUT2D eigenvalue weighted by molar-refractivity contribution is 0.0726. The fourth-order valence-corrected chi connectivity index (χ4v) is 1.74. The lowest BCUT2D eigenvalue weighted by Crippen LogP contribution is -2.33. The number of amides is 1. The first-order chi connectivity index (χ1) is 7.76. The van der Waals surface area contributed by atoms with Gasteiger partial charge in [0.1, 0.15) is 5.69 Å². The van der Waals surface area contributed by atoms with E-state index in [0.29, 0.717) is 24.7 Å². The van der Waals surface area contributed by atoms with Gasteiger partial charge in [0, 0.05) is 24.7 Å². The van der Waals surface area contributed by atoms with Crippen LogP contribution in [0.1, 0.15) is 41.9 Å². The third-order valence-corrected chi connectivity index (χ3v) is 2.87. The topological polar surface area (TPSA) is 69.2 Å². The fraction of sp³-hybridized carbons (Fsp3) is 0.636. The number of aromatic nitrogens is 2. The van der Waals surface area contributed by atoms with Crippen LogP contribution in [0.25, 0.3) is 0 Å². The van der Waals surface area contributed by atoms with E-state index in [1.54, 1.807) is 4.90 Å². The molecule has 0 aliphatic heterocycles.